The number of amides is 2. The molecule has 2 amide bonds. The lowest BCUT2D eigenvalue weighted by Crippen LogP contribution is -2.49. The molecule has 0 unspecified atom stereocenters. The molecule has 0 spiro atoms. The topological polar surface area (TPSA) is 75.2 Å². The Hall–Kier alpha value is -3.00. The van der Waals surface area contributed by atoms with Gasteiger partial charge < -0.3 is 24.2 Å². The highest BCUT2D eigenvalue weighted by atomic mass is 35.5. The molecule has 2 aliphatic rings. The number of benzene rings is 1. The van der Waals surface area contributed by atoms with Crippen molar-refractivity contribution in [3.05, 3.63) is 47.1 Å². The van der Waals surface area contributed by atoms with Crippen LogP contribution in [0.3, 0.4) is 0 Å². The maximum Gasteiger partial charge on any atom is 0.260 e. The van der Waals surface area contributed by atoms with Gasteiger partial charge >= 0.3 is 0 Å². The fourth-order valence-corrected chi connectivity index (χ4v) is 4.56. The number of likely N-dealkylation sites (tertiary alicyclic amines) is 1. The zero-order valence-corrected chi connectivity index (χ0v) is 20.3. The van der Waals surface area contributed by atoms with Gasteiger partial charge in [0.1, 0.15) is 5.82 Å². The molecule has 1 aromatic carbocycles. The predicted octanol–water partition coefficient (Wildman–Crippen LogP) is 3.49. The number of halogens is 1. The Balaban J connectivity index is 1.38. The number of piperidine rings is 1. The number of carbonyl (C=O) groups is 2. The molecule has 2 aliphatic heterocycles. The lowest BCUT2D eigenvalue weighted by atomic mass is 10.1. The van der Waals surface area contributed by atoms with E-state index in [0.29, 0.717) is 54.9 Å². The molecule has 2 aromatic rings. The summed E-state index contributed by atoms with van der Waals surface area (Å²) >= 11 is 6.27. The van der Waals surface area contributed by atoms with Gasteiger partial charge in [-0.2, -0.15) is 0 Å². The lowest BCUT2D eigenvalue weighted by molar-refractivity contribution is -0.134. The molecule has 8 nitrogen and oxygen atoms in total. The van der Waals surface area contributed by atoms with Gasteiger partial charge in [-0.15, -0.1) is 0 Å². The zero-order chi connectivity index (χ0) is 23.9. The van der Waals surface area contributed by atoms with Gasteiger partial charge in [0.2, 0.25) is 0 Å². The first kappa shape index (κ1) is 24.1. The number of anilines is 1. The summed E-state index contributed by atoms with van der Waals surface area (Å²) in [4.78, 5) is 35.7. The van der Waals surface area contributed by atoms with Gasteiger partial charge in [0.15, 0.2) is 18.1 Å². The van der Waals surface area contributed by atoms with E-state index in [2.05, 4.69) is 9.88 Å². The number of ether oxygens (including phenoxy) is 2. The fraction of sp³-hybridized carbons (Fsp3) is 0.480. The first-order valence-electron chi connectivity index (χ1n) is 11.9. The van der Waals surface area contributed by atoms with Crippen LogP contribution in [0.5, 0.6) is 11.5 Å². The molecule has 34 heavy (non-hydrogen) atoms. The molecule has 0 N–H and O–H groups in total. The van der Waals surface area contributed by atoms with Crippen LogP contribution in [0.4, 0.5) is 5.82 Å². The number of carbonyl (C=O) groups excluding carboxylic acids is 2. The van der Waals surface area contributed by atoms with Crippen molar-refractivity contribution >= 4 is 29.2 Å². The normalized spacial score (nSPS) is 16.4. The second-order valence-electron chi connectivity index (χ2n) is 8.41. The highest BCUT2D eigenvalue weighted by Gasteiger charge is 2.25. The highest BCUT2D eigenvalue weighted by Crippen LogP contribution is 2.30. The monoisotopic (exact) mass is 486 g/mol. The summed E-state index contributed by atoms with van der Waals surface area (Å²) in [6.45, 7) is 6.28. The fourth-order valence-electron chi connectivity index (χ4n) is 4.32. The number of hydrogen-bond donors (Lipinski definition) is 0. The van der Waals surface area contributed by atoms with E-state index in [-0.39, 0.29) is 18.4 Å². The van der Waals surface area contributed by atoms with Crippen LogP contribution in [0.2, 0.25) is 5.02 Å². The molecule has 2 saturated heterocycles. The van der Waals surface area contributed by atoms with Crippen molar-refractivity contribution < 1.29 is 19.1 Å². The van der Waals surface area contributed by atoms with Crippen LogP contribution in [0.1, 0.15) is 36.5 Å². The van der Waals surface area contributed by atoms with Gasteiger partial charge in [-0.3, -0.25) is 9.59 Å². The van der Waals surface area contributed by atoms with Crippen molar-refractivity contribution in [3.63, 3.8) is 0 Å². The van der Waals surface area contributed by atoms with Gasteiger partial charge in [-0.25, -0.2) is 4.98 Å². The van der Waals surface area contributed by atoms with Crippen molar-refractivity contribution in [2.75, 3.05) is 57.4 Å². The molecule has 2 fully saturated rings. The van der Waals surface area contributed by atoms with Crippen molar-refractivity contribution in [1.82, 2.24) is 14.8 Å². The largest absolute Gasteiger partial charge is 0.490 e. The van der Waals surface area contributed by atoms with Crippen LogP contribution in [0.15, 0.2) is 36.5 Å². The van der Waals surface area contributed by atoms with Crippen LogP contribution in [-0.2, 0) is 4.79 Å². The zero-order valence-electron chi connectivity index (χ0n) is 19.5. The smallest absolute Gasteiger partial charge is 0.260 e. The predicted molar refractivity (Wildman–Crippen MR) is 131 cm³/mol. The number of rotatable bonds is 7. The van der Waals surface area contributed by atoms with Crippen LogP contribution in [0.25, 0.3) is 0 Å². The van der Waals surface area contributed by atoms with Crippen LogP contribution in [0, 0.1) is 0 Å². The van der Waals surface area contributed by atoms with Crippen molar-refractivity contribution in [1.29, 1.82) is 0 Å². The second-order valence-corrected chi connectivity index (χ2v) is 8.82. The van der Waals surface area contributed by atoms with E-state index in [1.165, 1.54) is 6.42 Å². The third kappa shape index (κ3) is 5.73. The van der Waals surface area contributed by atoms with E-state index in [1.54, 1.807) is 30.5 Å². The van der Waals surface area contributed by atoms with E-state index in [4.69, 9.17) is 21.1 Å². The quantitative estimate of drug-likeness (QED) is 0.596. The van der Waals surface area contributed by atoms with E-state index >= 15 is 0 Å². The highest BCUT2D eigenvalue weighted by molar-refractivity contribution is 6.32. The molecule has 3 heterocycles. The number of nitrogens with zero attached hydrogens (tertiary/aromatic N) is 4. The standard InChI is InChI=1S/C25H31ClN4O4/c1-2-33-22-17-19(8-9-21(22)34-18-23(31)28-11-4-3-5-12-28)25(32)30-15-13-29(14-16-30)24-20(26)7-6-10-27-24/h6-10,17H,2-5,11-16,18H2,1H3. The summed E-state index contributed by atoms with van der Waals surface area (Å²) in [6.07, 6.45) is 4.96. The van der Waals surface area contributed by atoms with Crippen LogP contribution >= 0.6 is 11.6 Å². The van der Waals surface area contributed by atoms with Crippen LogP contribution in [-0.4, -0.2) is 79.1 Å². The van der Waals surface area contributed by atoms with E-state index in [1.807, 2.05) is 22.8 Å². The Morgan fingerprint density at radius 1 is 0.941 bits per heavy atom. The Labute approximate surface area is 205 Å². The van der Waals surface area contributed by atoms with Crippen LogP contribution < -0.4 is 14.4 Å². The third-order valence-corrected chi connectivity index (χ3v) is 6.45. The summed E-state index contributed by atoms with van der Waals surface area (Å²) in [5.41, 5.74) is 0.530. The number of pyridine rings is 1. The molecule has 182 valence electrons. The van der Waals surface area contributed by atoms with Crippen molar-refractivity contribution in [3.8, 4) is 11.5 Å². The Morgan fingerprint density at radius 2 is 1.71 bits per heavy atom. The Kier molecular flexibility index (Phi) is 8.11. The minimum atomic E-state index is -0.0661. The molecule has 0 atom stereocenters. The molecule has 0 radical (unpaired) electrons. The van der Waals surface area contributed by atoms with E-state index in [9.17, 15) is 9.59 Å². The second kappa shape index (κ2) is 11.4. The summed E-state index contributed by atoms with van der Waals surface area (Å²) in [5.74, 6) is 1.60. The minimum Gasteiger partial charge on any atom is -0.490 e. The number of hydrogen-bond acceptors (Lipinski definition) is 6. The molecule has 9 heteroatoms. The lowest BCUT2D eigenvalue weighted by Gasteiger charge is -2.35. The van der Waals surface area contributed by atoms with Gasteiger partial charge in [0.05, 0.1) is 11.6 Å². The van der Waals surface area contributed by atoms with Gasteiger partial charge in [-0.1, -0.05) is 11.6 Å². The number of piperazine rings is 1. The summed E-state index contributed by atoms with van der Waals surface area (Å²) in [5, 5.41) is 0.609. The minimum absolute atomic E-state index is 0.0202. The van der Waals surface area contributed by atoms with E-state index in [0.717, 1.165) is 31.7 Å². The third-order valence-electron chi connectivity index (χ3n) is 6.16. The molecule has 0 aliphatic carbocycles. The Morgan fingerprint density at radius 3 is 2.41 bits per heavy atom. The molecular formula is C25H31ClN4O4. The average molecular weight is 487 g/mol. The summed E-state index contributed by atoms with van der Waals surface area (Å²) < 4.78 is 11.5. The Bertz CT molecular complexity index is 1000. The summed E-state index contributed by atoms with van der Waals surface area (Å²) in [6, 6.07) is 8.77. The van der Waals surface area contributed by atoms with Gasteiger partial charge in [-0.05, 0) is 56.5 Å². The average Bonchev–Trinajstić information content (AvgIpc) is 2.88. The maximum absolute atomic E-state index is 13.2. The van der Waals surface area contributed by atoms with Gasteiger partial charge in [0.25, 0.3) is 11.8 Å². The SMILES string of the molecule is CCOc1cc(C(=O)N2CCN(c3ncccc3Cl)CC2)ccc1OCC(=O)N1CCCCC1. The molecule has 0 saturated carbocycles. The van der Waals surface area contributed by atoms with Crippen molar-refractivity contribution in [2.24, 2.45) is 0 Å². The molecule has 0 bridgehead atoms. The first-order chi connectivity index (χ1) is 16.6. The molecule has 1 aromatic heterocycles. The molecule has 4 rings (SSSR count). The number of aromatic nitrogens is 1. The van der Waals surface area contributed by atoms with Crippen molar-refractivity contribution in [2.45, 2.75) is 26.2 Å². The van der Waals surface area contributed by atoms with Gasteiger partial charge in [0, 0.05) is 51.0 Å². The summed E-state index contributed by atoms with van der Waals surface area (Å²) in [7, 11) is 0. The maximum atomic E-state index is 13.2. The molecular weight excluding hydrogens is 456 g/mol. The first-order valence-corrected chi connectivity index (χ1v) is 12.3. The van der Waals surface area contributed by atoms with E-state index < -0.39 is 0 Å².